The Morgan fingerprint density at radius 2 is 2.22 bits per heavy atom. The minimum Gasteiger partial charge on any atom is -0.356 e. The molecule has 0 fully saturated rings. The van der Waals surface area contributed by atoms with Crippen molar-refractivity contribution in [2.45, 2.75) is 6.92 Å². The normalized spacial score (nSPS) is 9.44. The first-order valence-electron chi connectivity index (χ1n) is 2.67. The van der Waals surface area contributed by atoms with Gasteiger partial charge < -0.3 is 9.47 Å². The average molecular weight is 132 g/mol. The smallest absolute Gasteiger partial charge is 0.264 e. The fraction of sp³-hybridized carbons (Fsp3) is 0.800. The zero-order valence-electron chi connectivity index (χ0n) is 5.35. The summed E-state index contributed by atoms with van der Waals surface area (Å²) in [6.07, 6.45) is 0. The van der Waals surface area contributed by atoms with Crippen molar-refractivity contribution in [3.63, 3.8) is 0 Å². The number of carbonyl (C=O) groups is 1. The van der Waals surface area contributed by atoms with Gasteiger partial charge in [-0.05, 0) is 6.92 Å². The Kier molecular flexibility index (Phi) is 5.15. The van der Waals surface area contributed by atoms with E-state index in [1.807, 2.05) is 6.92 Å². The summed E-state index contributed by atoms with van der Waals surface area (Å²) < 4.78 is 9.30. The Hall–Kier alpha value is -0.610. The van der Waals surface area contributed by atoms with E-state index in [1.165, 1.54) is 0 Å². The van der Waals surface area contributed by atoms with Gasteiger partial charge in [-0.3, -0.25) is 10.5 Å². The van der Waals surface area contributed by atoms with Gasteiger partial charge >= 0.3 is 0 Å². The first kappa shape index (κ1) is 8.39. The highest BCUT2D eigenvalue weighted by atomic mass is 16.7. The third-order valence-corrected chi connectivity index (χ3v) is 0.604. The van der Waals surface area contributed by atoms with E-state index >= 15 is 0 Å². The molecule has 0 aliphatic heterocycles. The first-order chi connectivity index (χ1) is 4.27. The lowest BCUT2D eigenvalue weighted by Gasteiger charge is -1.98. The van der Waals surface area contributed by atoms with Crippen LogP contribution >= 0.6 is 0 Å². The van der Waals surface area contributed by atoms with Crippen LogP contribution in [0.25, 0.3) is 0 Å². The van der Waals surface area contributed by atoms with Crippen LogP contribution in [-0.2, 0) is 14.3 Å². The molecule has 0 aromatic carbocycles. The Labute approximate surface area is 53.9 Å². The maximum atomic E-state index is 9.89. The summed E-state index contributed by atoms with van der Waals surface area (Å²) in [5.74, 6) is -0.727. The van der Waals surface area contributed by atoms with E-state index in [0.717, 1.165) is 0 Å². The molecule has 0 unspecified atom stereocenters. The maximum Gasteiger partial charge on any atom is 0.264 e. The van der Waals surface area contributed by atoms with Gasteiger partial charge in [0.1, 0.15) is 13.4 Å². The van der Waals surface area contributed by atoms with Crippen LogP contribution in [-0.4, -0.2) is 25.9 Å². The largest absolute Gasteiger partial charge is 0.356 e. The fourth-order valence-corrected chi connectivity index (χ4v) is 0.277. The maximum absolute atomic E-state index is 9.89. The Morgan fingerprint density at radius 3 is 2.67 bits per heavy atom. The molecule has 0 saturated heterocycles. The molecule has 0 rings (SSSR count). The summed E-state index contributed by atoms with van der Waals surface area (Å²) in [5, 5.41) is 0. The molecule has 0 aromatic rings. The van der Waals surface area contributed by atoms with Gasteiger partial charge in [-0.2, -0.15) is 0 Å². The summed E-state index contributed by atoms with van der Waals surface area (Å²) in [7, 11) is 0. The first-order valence-corrected chi connectivity index (χ1v) is 2.67. The molecule has 1 amide bonds. The minimum atomic E-state index is -0.727. The third kappa shape index (κ3) is 7.39. The van der Waals surface area contributed by atoms with E-state index in [-0.39, 0.29) is 13.4 Å². The molecule has 0 aliphatic carbocycles. The van der Waals surface area contributed by atoms with Crippen molar-refractivity contribution in [3.8, 4) is 0 Å². The van der Waals surface area contributed by atoms with Crippen LogP contribution in [0.5, 0.6) is 0 Å². The van der Waals surface area contributed by atoms with Gasteiger partial charge in [0, 0.05) is 6.61 Å². The minimum absolute atomic E-state index is 0.0983. The lowest BCUT2D eigenvalue weighted by atomic mass is 10.7. The predicted octanol–water partition coefficient (Wildman–Crippen LogP) is -0.193. The average Bonchev–Trinajstić information content (AvgIpc) is 1.80. The van der Waals surface area contributed by atoms with Crippen LogP contribution in [0.15, 0.2) is 0 Å². The summed E-state index contributed by atoms with van der Waals surface area (Å²) >= 11 is 0. The molecule has 4 nitrogen and oxygen atoms in total. The van der Waals surface area contributed by atoms with E-state index in [4.69, 9.17) is 10.5 Å². The predicted molar refractivity (Wildman–Crippen MR) is 30.5 cm³/mol. The van der Waals surface area contributed by atoms with Crippen molar-refractivity contribution >= 4 is 5.91 Å². The lowest BCUT2D eigenvalue weighted by molar-refractivity contribution is -0.129. The highest BCUT2D eigenvalue weighted by Crippen LogP contribution is 1.76. The van der Waals surface area contributed by atoms with Crippen LogP contribution in [0.2, 0.25) is 0 Å². The van der Waals surface area contributed by atoms with E-state index < -0.39 is 5.91 Å². The molecule has 1 radical (unpaired) electrons. The van der Waals surface area contributed by atoms with Crippen LogP contribution in [0.4, 0.5) is 0 Å². The van der Waals surface area contributed by atoms with E-state index in [2.05, 4.69) is 4.74 Å². The summed E-state index contributed by atoms with van der Waals surface area (Å²) in [5.41, 5.74) is 6.39. The Bertz CT molecular complexity index is 84.3. The van der Waals surface area contributed by atoms with Gasteiger partial charge in [0.25, 0.3) is 5.91 Å². The topological polar surface area (TPSA) is 59.3 Å². The van der Waals surface area contributed by atoms with Crippen molar-refractivity contribution in [1.29, 1.82) is 0 Å². The van der Waals surface area contributed by atoms with E-state index in [9.17, 15) is 4.79 Å². The zero-order valence-corrected chi connectivity index (χ0v) is 5.35. The molecular weight excluding hydrogens is 122 g/mol. The monoisotopic (exact) mass is 132 g/mol. The zero-order chi connectivity index (χ0) is 7.11. The molecule has 0 aliphatic rings. The number of ether oxygens (including phenoxy) is 2. The number of nitrogens with one attached hydrogen (secondary N) is 1. The van der Waals surface area contributed by atoms with Gasteiger partial charge in [-0.1, -0.05) is 0 Å². The fourth-order valence-electron chi connectivity index (χ4n) is 0.277. The highest BCUT2D eigenvalue weighted by molar-refractivity contribution is 5.74. The van der Waals surface area contributed by atoms with E-state index in [0.29, 0.717) is 6.61 Å². The molecule has 53 valence electrons. The molecular formula is C5H10NO3. The summed E-state index contributed by atoms with van der Waals surface area (Å²) in [6.45, 7) is 2.30. The quantitative estimate of drug-likeness (QED) is 0.384. The van der Waals surface area contributed by atoms with Gasteiger partial charge in [0.2, 0.25) is 0 Å². The number of hydrogen-bond acceptors (Lipinski definition) is 3. The molecule has 0 atom stereocenters. The van der Waals surface area contributed by atoms with Crippen molar-refractivity contribution in [3.05, 3.63) is 0 Å². The molecule has 9 heavy (non-hydrogen) atoms. The van der Waals surface area contributed by atoms with Crippen molar-refractivity contribution in [2.24, 2.45) is 0 Å². The Morgan fingerprint density at radius 1 is 1.56 bits per heavy atom. The number of rotatable bonds is 5. The lowest BCUT2D eigenvalue weighted by Crippen LogP contribution is -2.10. The van der Waals surface area contributed by atoms with Gasteiger partial charge in [0.15, 0.2) is 0 Å². The summed E-state index contributed by atoms with van der Waals surface area (Å²) in [4.78, 5) is 9.89. The van der Waals surface area contributed by atoms with E-state index in [1.54, 1.807) is 0 Å². The van der Waals surface area contributed by atoms with Crippen molar-refractivity contribution in [2.75, 3.05) is 20.0 Å². The van der Waals surface area contributed by atoms with Crippen LogP contribution in [0.3, 0.4) is 0 Å². The van der Waals surface area contributed by atoms with Gasteiger partial charge in [0.05, 0.1) is 0 Å². The second kappa shape index (κ2) is 5.53. The molecule has 0 saturated carbocycles. The molecule has 4 heteroatoms. The number of amides is 1. The second-order valence-corrected chi connectivity index (χ2v) is 1.38. The van der Waals surface area contributed by atoms with Crippen LogP contribution in [0, 0.1) is 0 Å². The second-order valence-electron chi connectivity index (χ2n) is 1.38. The van der Waals surface area contributed by atoms with Gasteiger partial charge in [-0.25, -0.2) is 0 Å². The molecule has 0 heterocycles. The third-order valence-electron chi connectivity index (χ3n) is 0.604. The Balaban J connectivity index is 2.83. The number of hydrogen-bond donors (Lipinski definition) is 0. The van der Waals surface area contributed by atoms with Crippen molar-refractivity contribution in [1.82, 2.24) is 5.73 Å². The van der Waals surface area contributed by atoms with Gasteiger partial charge in [-0.15, -0.1) is 0 Å². The van der Waals surface area contributed by atoms with Crippen molar-refractivity contribution < 1.29 is 14.3 Å². The SMILES string of the molecule is CCOCOCC([NH])=O. The highest BCUT2D eigenvalue weighted by Gasteiger charge is 1.92. The summed E-state index contributed by atoms with van der Waals surface area (Å²) in [6, 6.07) is 0. The van der Waals surface area contributed by atoms with Crippen LogP contribution in [0.1, 0.15) is 6.92 Å². The molecule has 0 aromatic heterocycles. The molecule has 1 N–H and O–H groups in total. The molecule has 0 bridgehead atoms. The number of carbonyl (C=O) groups excluding carboxylic acids is 1. The standard InChI is InChI=1S/C5H10NO3/c1-2-8-4-9-3-5(6)7/h6H,2-4H2,1H3. The van der Waals surface area contributed by atoms with Crippen LogP contribution < -0.4 is 5.73 Å². The molecule has 0 spiro atoms.